The van der Waals surface area contributed by atoms with E-state index in [0.29, 0.717) is 5.11 Å². The summed E-state index contributed by atoms with van der Waals surface area (Å²) in [6.45, 7) is 2.12. The Morgan fingerprint density at radius 2 is 2.04 bits per heavy atom. The molecule has 26 heavy (non-hydrogen) atoms. The zero-order chi connectivity index (χ0) is 18.2. The Bertz CT molecular complexity index is 857. The molecule has 0 radical (unpaired) electrons. The summed E-state index contributed by atoms with van der Waals surface area (Å²) < 4.78 is 2.00. The molecule has 0 aliphatic rings. The van der Waals surface area contributed by atoms with Crippen LogP contribution in [0, 0.1) is 0 Å². The fourth-order valence-corrected chi connectivity index (χ4v) is 2.90. The van der Waals surface area contributed by atoms with Crippen molar-refractivity contribution < 1.29 is 0 Å². The minimum absolute atomic E-state index is 0.242. The van der Waals surface area contributed by atoms with Gasteiger partial charge in [0, 0.05) is 29.8 Å². The molecule has 1 atom stereocenters. The van der Waals surface area contributed by atoms with E-state index < -0.39 is 0 Å². The molecule has 0 unspecified atom stereocenters. The average molecular weight is 363 g/mol. The number of nitrogens with one attached hydrogen (secondary N) is 2. The van der Waals surface area contributed by atoms with Gasteiger partial charge in [0.15, 0.2) is 5.11 Å². The number of aromatic nitrogens is 2. The fourth-order valence-electron chi connectivity index (χ4n) is 2.58. The first-order valence-electron chi connectivity index (χ1n) is 8.58. The lowest BCUT2D eigenvalue weighted by Gasteiger charge is -2.15. The van der Waals surface area contributed by atoms with Crippen LogP contribution in [0.4, 0.5) is 5.69 Å². The summed E-state index contributed by atoms with van der Waals surface area (Å²) in [6, 6.07) is 18.5. The Labute approximate surface area is 159 Å². The second-order valence-corrected chi connectivity index (χ2v) is 6.48. The van der Waals surface area contributed by atoms with Crippen molar-refractivity contribution in [2.24, 2.45) is 0 Å². The van der Waals surface area contributed by atoms with Crippen molar-refractivity contribution in [2.45, 2.75) is 19.4 Å². The van der Waals surface area contributed by atoms with Gasteiger partial charge in [-0.25, -0.2) is 4.98 Å². The molecule has 0 aliphatic carbocycles. The Balaban J connectivity index is 1.50. The Kier molecular flexibility index (Phi) is 6.17. The summed E-state index contributed by atoms with van der Waals surface area (Å²) in [6.07, 6.45) is 10.7. The summed E-state index contributed by atoms with van der Waals surface area (Å²) >= 11 is 5.36. The highest BCUT2D eigenvalue weighted by molar-refractivity contribution is 7.80. The van der Waals surface area contributed by atoms with Crippen LogP contribution < -0.4 is 10.6 Å². The molecule has 1 aromatic heterocycles. The quantitative estimate of drug-likeness (QED) is 0.626. The van der Waals surface area contributed by atoms with Gasteiger partial charge in [0.2, 0.25) is 0 Å². The van der Waals surface area contributed by atoms with Gasteiger partial charge in [-0.1, -0.05) is 42.5 Å². The highest BCUT2D eigenvalue weighted by Crippen LogP contribution is 2.12. The highest BCUT2D eigenvalue weighted by Gasteiger charge is 2.02. The number of anilines is 1. The third-order valence-corrected chi connectivity index (χ3v) is 4.10. The van der Waals surface area contributed by atoms with Gasteiger partial charge in [-0.3, -0.25) is 0 Å². The van der Waals surface area contributed by atoms with E-state index in [0.717, 1.165) is 23.4 Å². The molecule has 2 N–H and O–H groups in total. The van der Waals surface area contributed by atoms with Crippen molar-refractivity contribution in [1.82, 2.24) is 14.9 Å². The van der Waals surface area contributed by atoms with Gasteiger partial charge in [-0.2, -0.15) is 0 Å². The van der Waals surface area contributed by atoms with Crippen molar-refractivity contribution in [3.8, 4) is 5.69 Å². The number of hydrogen-bond acceptors (Lipinski definition) is 2. The molecule has 3 aromatic rings. The van der Waals surface area contributed by atoms with E-state index in [4.69, 9.17) is 12.2 Å². The van der Waals surface area contributed by atoms with Gasteiger partial charge in [0.1, 0.15) is 0 Å². The third-order valence-electron chi connectivity index (χ3n) is 3.88. The van der Waals surface area contributed by atoms with Crippen molar-refractivity contribution in [3.63, 3.8) is 0 Å². The highest BCUT2D eigenvalue weighted by atomic mass is 32.1. The maximum Gasteiger partial charge on any atom is 0.170 e. The van der Waals surface area contributed by atoms with E-state index in [1.807, 2.05) is 41.1 Å². The molecule has 0 fully saturated rings. The van der Waals surface area contributed by atoms with Crippen molar-refractivity contribution in [3.05, 3.63) is 85.0 Å². The Morgan fingerprint density at radius 3 is 2.81 bits per heavy atom. The zero-order valence-electron chi connectivity index (χ0n) is 14.7. The predicted octanol–water partition coefficient (Wildman–Crippen LogP) is 4.65. The molecule has 2 aromatic carbocycles. The minimum atomic E-state index is 0.242. The topological polar surface area (TPSA) is 41.9 Å². The van der Waals surface area contributed by atoms with E-state index in [9.17, 15) is 0 Å². The lowest BCUT2D eigenvalue weighted by atomic mass is 10.1. The van der Waals surface area contributed by atoms with Gasteiger partial charge < -0.3 is 15.2 Å². The second kappa shape index (κ2) is 8.97. The summed E-state index contributed by atoms with van der Waals surface area (Å²) in [4.78, 5) is 4.09. The van der Waals surface area contributed by atoms with Gasteiger partial charge in [-0.15, -0.1) is 0 Å². The van der Waals surface area contributed by atoms with E-state index in [1.165, 1.54) is 0 Å². The first-order chi connectivity index (χ1) is 12.7. The molecule has 5 heteroatoms. The summed E-state index contributed by atoms with van der Waals surface area (Å²) in [5.41, 5.74) is 3.25. The molecule has 0 saturated heterocycles. The molecule has 0 saturated carbocycles. The van der Waals surface area contributed by atoms with Gasteiger partial charge >= 0.3 is 0 Å². The second-order valence-electron chi connectivity index (χ2n) is 6.07. The lowest BCUT2D eigenvalue weighted by Crippen LogP contribution is -2.35. The maximum atomic E-state index is 5.36. The van der Waals surface area contributed by atoms with Crippen molar-refractivity contribution in [2.75, 3.05) is 5.32 Å². The molecule has 0 aliphatic heterocycles. The molecule has 132 valence electrons. The maximum absolute atomic E-state index is 5.36. The number of hydrogen-bond donors (Lipinski definition) is 2. The number of imidazole rings is 1. The van der Waals surface area contributed by atoms with E-state index in [-0.39, 0.29) is 6.04 Å². The van der Waals surface area contributed by atoms with E-state index in [2.05, 4.69) is 59.0 Å². The fraction of sp³-hybridized carbons (Fsp3) is 0.143. The number of nitrogens with zero attached hydrogens (tertiary/aromatic N) is 2. The monoisotopic (exact) mass is 362 g/mol. The number of benzene rings is 2. The lowest BCUT2D eigenvalue weighted by molar-refractivity contribution is 0.680. The normalized spacial score (nSPS) is 12.0. The molecule has 0 spiro atoms. The molecule has 0 bridgehead atoms. The summed E-state index contributed by atoms with van der Waals surface area (Å²) in [7, 11) is 0. The number of thiocarbonyl (C=S) groups is 1. The Morgan fingerprint density at radius 1 is 1.19 bits per heavy atom. The van der Waals surface area contributed by atoms with Gasteiger partial charge in [-0.05, 0) is 55.4 Å². The third kappa shape index (κ3) is 5.29. The van der Waals surface area contributed by atoms with Crippen LogP contribution in [0.25, 0.3) is 11.8 Å². The summed E-state index contributed by atoms with van der Waals surface area (Å²) in [5, 5.41) is 7.13. The standard InChI is InChI=1S/C21H22N4S/c1-17(23-21(26)24-19-10-3-2-4-11-19)7-5-8-18-9-6-12-20(15-18)25-14-13-22-16-25/h2-6,8-17H,7H2,1H3,(H2,23,24,26)/b8-5-/t17-/m1/s1. The molecular formula is C21H22N4S. The van der Waals surface area contributed by atoms with Crippen LogP contribution >= 0.6 is 12.2 Å². The average Bonchev–Trinajstić information content (AvgIpc) is 3.17. The van der Waals surface area contributed by atoms with Crippen molar-refractivity contribution in [1.29, 1.82) is 0 Å². The van der Waals surface area contributed by atoms with E-state index >= 15 is 0 Å². The number of para-hydroxylation sites is 1. The SMILES string of the molecule is C[C@H](C/C=C\c1cccc(-n2ccnc2)c1)NC(=S)Nc1ccccc1. The Hall–Kier alpha value is -2.92. The van der Waals surface area contributed by atoms with Crippen LogP contribution in [0.15, 0.2) is 79.4 Å². The van der Waals surface area contributed by atoms with Gasteiger partial charge in [0.05, 0.1) is 6.33 Å². The molecule has 0 amide bonds. The predicted molar refractivity (Wildman–Crippen MR) is 112 cm³/mol. The molecule has 3 rings (SSSR count). The van der Waals surface area contributed by atoms with Crippen LogP contribution in [0.5, 0.6) is 0 Å². The largest absolute Gasteiger partial charge is 0.360 e. The van der Waals surface area contributed by atoms with Crippen LogP contribution in [0.2, 0.25) is 0 Å². The first-order valence-corrected chi connectivity index (χ1v) is 8.99. The van der Waals surface area contributed by atoms with Crippen molar-refractivity contribution >= 4 is 29.1 Å². The van der Waals surface area contributed by atoms with Gasteiger partial charge in [0.25, 0.3) is 0 Å². The summed E-state index contributed by atoms with van der Waals surface area (Å²) in [5.74, 6) is 0. The number of rotatable bonds is 6. The molecule has 1 heterocycles. The van der Waals surface area contributed by atoms with Crippen LogP contribution in [0.3, 0.4) is 0 Å². The van der Waals surface area contributed by atoms with Crippen LogP contribution in [-0.4, -0.2) is 20.7 Å². The van der Waals surface area contributed by atoms with Crippen LogP contribution in [-0.2, 0) is 0 Å². The smallest absolute Gasteiger partial charge is 0.170 e. The molecule has 4 nitrogen and oxygen atoms in total. The minimum Gasteiger partial charge on any atom is -0.360 e. The molecular weight excluding hydrogens is 340 g/mol. The first kappa shape index (κ1) is 17.9. The zero-order valence-corrected chi connectivity index (χ0v) is 15.5. The van der Waals surface area contributed by atoms with Crippen LogP contribution in [0.1, 0.15) is 18.9 Å². The van der Waals surface area contributed by atoms with E-state index in [1.54, 1.807) is 12.5 Å².